The first kappa shape index (κ1) is 17.9. The van der Waals surface area contributed by atoms with E-state index in [-0.39, 0.29) is 17.7 Å². The van der Waals surface area contributed by atoms with Crippen molar-refractivity contribution >= 4 is 40.1 Å². The molecule has 0 bridgehead atoms. The monoisotopic (exact) mass is 448 g/mol. The predicted molar refractivity (Wildman–Crippen MR) is 107 cm³/mol. The molecule has 2 aromatic carbocycles. The first-order valence-electron chi connectivity index (χ1n) is 8.50. The molecule has 1 N–H and O–H groups in total. The van der Waals surface area contributed by atoms with Gasteiger partial charge in [-0.3, -0.25) is 9.59 Å². The van der Waals surface area contributed by atoms with Crippen LogP contribution < -0.4 is 5.32 Å². The standard InChI is InChI=1S/C20H21IN2O2/c21-17-6-8-18(9-7-17)22-20(25)16-10-12-23(13-11-16)19(24)14-15-4-2-1-3-5-15/h1-9,16H,10-14H2,(H,22,25). The zero-order chi connectivity index (χ0) is 17.6. The van der Waals surface area contributed by atoms with Gasteiger partial charge >= 0.3 is 0 Å². The van der Waals surface area contributed by atoms with Crippen molar-refractivity contribution in [2.24, 2.45) is 5.92 Å². The lowest BCUT2D eigenvalue weighted by molar-refractivity contribution is -0.133. The smallest absolute Gasteiger partial charge is 0.227 e. The molecule has 4 nitrogen and oxygen atoms in total. The van der Waals surface area contributed by atoms with Crippen LogP contribution in [-0.4, -0.2) is 29.8 Å². The Bertz CT molecular complexity index is 723. The molecule has 0 spiro atoms. The molecule has 2 amide bonds. The maximum atomic E-state index is 12.4. The molecule has 1 aliphatic rings. The van der Waals surface area contributed by atoms with E-state index < -0.39 is 0 Å². The van der Waals surface area contributed by atoms with E-state index in [9.17, 15) is 9.59 Å². The maximum absolute atomic E-state index is 12.4. The number of rotatable bonds is 4. The van der Waals surface area contributed by atoms with Crippen LogP contribution in [0.3, 0.4) is 0 Å². The second-order valence-corrected chi connectivity index (χ2v) is 7.56. The molecule has 0 unspecified atom stereocenters. The van der Waals surface area contributed by atoms with Crippen molar-refractivity contribution < 1.29 is 9.59 Å². The number of carbonyl (C=O) groups excluding carboxylic acids is 2. The van der Waals surface area contributed by atoms with E-state index >= 15 is 0 Å². The van der Waals surface area contributed by atoms with Gasteiger partial charge in [-0.05, 0) is 65.3 Å². The first-order valence-corrected chi connectivity index (χ1v) is 9.58. The fraction of sp³-hybridized carbons (Fsp3) is 0.300. The SMILES string of the molecule is O=C(Nc1ccc(I)cc1)C1CCN(C(=O)Cc2ccccc2)CC1. The van der Waals surface area contributed by atoms with E-state index in [1.54, 1.807) is 0 Å². The van der Waals surface area contributed by atoms with Crippen molar-refractivity contribution in [3.8, 4) is 0 Å². The number of hydrogen-bond donors (Lipinski definition) is 1. The molecule has 1 fully saturated rings. The van der Waals surface area contributed by atoms with E-state index in [0.29, 0.717) is 19.5 Å². The Morgan fingerprint density at radius 2 is 1.64 bits per heavy atom. The summed E-state index contributed by atoms with van der Waals surface area (Å²) in [7, 11) is 0. The summed E-state index contributed by atoms with van der Waals surface area (Å²) in [6.07, 6.45) is 1.87. The van der Waals surface area contributed by atoms with Gasteiger partial charge in [0.1, 0.15) is 0 Å². The summed E-state index contributed by atoms with van der Waals surface area (Å²) < 4.78 is 1.14. The Hall–Kier alpha value is -1.89. The molecule has 0 atom stereocenters. The Kier molecular flexibility index (Phi) is 6.07. The summed E-state index contributed by atoms with van der Waals surface area (Å²) in [5, 5.41) is 2.98. The van der Waals surface area contributed by atoms with Crippen molar-refractivity contribution in [2.75, 3.05) is 18.4 Å². The number of carbonyl (C=O) groups is 2. The van der Waals surface area contributed by atoms with Crippen LogP contribution in [0.15, 0.2) is 54.6 Å². The van der Waals surface area contributed by atoms with Gasteiger partial charge < -0.3 is 10.2 Å². The lowest BCUT2D eigenvalue weighted by Crippen LogP contribution is -2.42. The summed E-state index contributed by atoms with van der Waals surface area (Å²) in [4.78, 5) is 26.7. The van der Waals surface area contributed by atoms with Crippen LogP contribution in [0.2, 0.25) is 0 Å². The highest BCUT2D eigenvalue weighted by Crippen LogP contribution is 2.21. The fourth-order valence-electron chi connectivity index (χ4n) is 3.05. The lowest BCUT2D eigenvalue weighted by atomic mass is 9.95. The third-order valence-electron chi connectivity index (χ3n) is 4.53. The molecule has 1 aliphatic heterocycles. The minimum atomic E-state index is -0.0277. The number of amides is 2. The number of likely N-dealkylation sites (tertiary alicyclic amines) is 1. The van der Waals surface area contributed by atoms with E-state index in [2.05, 4.69) is 27.9 Å². The third kappa shape index (κ3) is 5.04. The van der Waals surface area contributed by atoms with Crippen LogP contribution in [0.25, 0.3) is 0 Å². The number of benzene rings is 2. The average molecular weight is 448 g/mol. The van der Waals surface area contributed by atoms with Gasteiger partial charge in [0.05, 0.1) is 6.42 Å². The molecular weight excluding hydrogens is 427 g/mol. The van der Waals surface area contributed by atoms with Gasteiger partial charge in [0, 0.05) is 28.3 Å². The molecular formula is C20H21IN2O2. The zero-order valence-electron chi connectivity index (χ0n) is 14.0. The van der Waals surface area contributed by atoms with Gasteiger partial charge in [0.15, 0.2) is 0 Å². The second kappa shape index (κ2) is 8.47. The highest BCUT2D eigenvalue weighted by atomic mass is 127. The Balaban J connectivity index is 1.48. The second-order valence-electron chi connectivity index (χ2n) is 6.31. The number of nitrogens with zero attached hydrogens (tertiary/aromatic N) is 1. The molecule has 130 valence electrons. The zero-order valence-corrected chi connectivity index (χ0v) is 16.1. The van der Waals surface area contributed by atoms with Crippen LogP contribution in [-0.2, 0) is 16.0 Å². The molecule has 0 aromatic heterocycles. The summed E-state index contributed by atoms with van der Waals surface area (Å²) in [6, 6.07) is 17.6. The van der Waals surface area contributed by atoms with Gasteiger partial charge in [-0.1, -0.05) is 30.3 Å². The van der Waals surface area contributed by atoms with E-state index in [4.69, 9.17) is 0 Å². The molecule has 0 aliphatic carbocycles. The van der Waals surface area contributed by atoms with Crippen molar-refractivity contribution in [1.82, 2.24) is 4.90 Å². The highest BCUT2D eigenvalue weighted by molar-refractivity contribution is 14.1. The Morgan fingerprint density at radius 3 is 2.28 bits per heavy atom. The highest BCUT2D eigenvalue weighted by Gasteiger charge is 2.27. The van der Waals surface area contributed by atoms with Crippen molar-refractivity contribution in [1.29, 1.82) is 0 Å². The van der Waals surface area contributed by atoms with E-state index in [1.165, 1.54) is 0 Å². The average Bonchev–Trinajstić information content (AvgIpc) is 2.64. The van der Waals surface area contributed by atoms with Crippen LogP contribution in [0.1, 0.15) is 18.4 Å². The lowest BCUT2D eigenvalue weighted by Gasteiger charge is -2.31. The number of halogens is 1. The number of hydrogen-bond acceptors (Lipinski definition) is 2. The predicted octanol–water partition coefficient (Wildman–Crippen LogP) is 3.71. The minimum absolute atomic E-state index is 0.0277. The maximum Gasteiger partial charge on any atom is 0.227 e. The summed E-state index contributed by atoms with van der Waals surface area (Å²) >= 11 is 2.24. The molecule has 0 saturated carbocycles. The molecule has 1 heterocycles. The molecule has 3 rings (SSSR count). The Labute approximate surface area is 161 Å². The van der Waals surface area contributed by atoms with Gasteiger partial charge in [-0.15, -0.1) is 0 Å². The Morgan fingerprint density at radius 1 is 1.00 bits per heavy atom. The number of nitrogens with one attached hydrogen (secondary N) is 1. The van der Waals surface area contributed by atoms with Crippen molar-refractivity contribution in [3.63, 3.8) is 0 Å². The van der Waals surface area contributed by atoms with Crippen molar-refractivity contribution in [2.45, 2.75) is 19.3 Å². The quantitative estimate of drug-likeness (QED) is 0.726. The molecule has 1 saturated heterocycles. The van der Waals surface area contributed by atoms with Gasteiger partial charge in [0.2, 0.25) is 11.8 Å². The summed E-state index contributed by atoms with van der Waals surface area (Å²) in [5.74, 6) is 0.166. The molecule has 5 heteroatoms. The number of anilines is 1. The van der Waals surface area contributed by atoms with Crippen LogP contribution in [0.5, 0.6) is 0 Å². The molecule has 25 heavy (non-hydrogen) atoms. The molecule has 0 radical (unpaired) electrons. The van der Waals surface area contributed by atoms with Crippen LogP contribution in [0, 0.1) is 9.49 Å². The fourth-order valence-corrected chi connectivity index (χ4v) is 3.41. The van der Waals surface area contributed by atoms with E-state index in [1.807, 2.05) is 59.5 Å². The summed E-state index contributed by atoms with van der Waals surface area (Å²) in [5.41, 5.74) is 1.86. The first-order chi connectivity index (χ1) is 12.1. The van der Waals surface area contributed by atoms with Gasteiger partial charge in [-0.25, -0.2) is 0 Å². The van der Waals surface area contributed by atoms with E-state index in [0.717, 1.165) is 27.7 Å². The van der Waals surface area contributed by atoms with Crippen LogP contribution >= 0.6 is 22.6 Å². The van der Waals surface area contributed by atoms with Gasteiger partial charge in [-0.2, -0.15) is 0 Å². The minimum Gasteiger partial charge on any atom is -0.342 e. The normalized spacial score (nSPS) is 15.0. The summed E-state index contributed by atoms with van der Waals surface area (Å²) in [6.45, 7) is 1.30. The topological polar surface area (TPSA) is 49.4 Å². The van der Waals surface area contributed by atoms with Crippen molar-refractivity contribution in [3.05, 3.63) is 63.7 Å². The number of piperidine rings is 1. The van der Waals surface area contributed by atoms with Gasteiger partial charge in [0.25, 0.3) is 0 Å². The van der Waals surface area contributed by atoms with Crippen LogP contribution in [0.4, 0.5) is 5.69 Å². The molecule has 2 aromatic rings. The largest absolute Gasteiger partial charge is 0.342 e. The third-order valence-corrected chi connectivity index (χ3v) is 5.25.